The van der Waals surface area contributed by atoms with E-state index in [1.165, 1.54) is 0 Å². The van der Waals surface area contributed by atoms with Crippen LogP contribution in [0.3, 0.4) is 0 Å². The third-order valence-corrected chi connectivity index (χ3v) is 6.21. The number of unbranched alkanes of at least 4 members (excludes halogenated alkanes) is 1. The monoisotopic (exact) mass is 350 g/mol. The van der Waals surface area contributed by atoms with Gasteiger partial charge in [0.1, 0.15) is 0 Å². The molecular weight excluding hydrogens is 331 g/mol. The molecule has 0 unspecified atom stereocenters. The van der Waals surface area contributed by atoms with Gasteiger partial charge >= 0.3 is 0 Å². The summed E-state index contributed by atoms with van der Waals surface area (Å²) in [7, 11) is -3.13. The number of para-hydroxylation sites is 1. The van der Waals surface area contributed by atoms with E-state index in [4.69, 9.17) is 23.2 Å². The van der Waals surface area contributed by atoms with E-state index in [2.05, 4.69) is 4.90 Å². The number of benzene rings is 1. The van der Waals surface area contributed by atoms with Crippen LogP contribution in [0.25, 0.3) is 0 Å². The zero-order chi connectivity index (χ0) is 15.5. The van der Waals surface area contributed by atoms with Crippen molar-refractivity contribution in [3.05, 3.63) is 28.2 Å². The molecular formula is C14H20Cl2N2O2S. The zero-order valence-electron chi connectivity index (χ0n) is 12.1. The van der Waals surface area contributed by atoms with Crippen LogP contribution in [-0.2, 0) is 10.0 Å². The number of nitrogens with zero attached hydrogens (tertiary/aromatic N) is 2. The topological polar surface area (TPSA) is 40.6 Å². The molecule has 1 aromatic carbocycles. The van der Waals surface area contributed by atoms with E-state index in [-0.39, 0.29) is 5.75 Å². The predicted molar refractivity (Wildman–Crippen MR) is 88.9 cm³/mol. The first-order valence-corrected chi connectivity index (χ1v) is 9.49. The maximum Gasteiger partial charge on any atom is 0.214 e. The fourth-order valence-corrected chi connectivity index (χ4v) is 4.70. The summed E-state index contributed by atoms with van der Waals surface area (Å²) in [5, 5.41) is 1.20. The number of sulfonamides is 1. The van der Waals surface area contributed by atoms with Crippen LogP contribution >= 0.6 is 23.2 Å². The second kappa shape index (κ2) is 7.18. The highest BCUT2D eigenvalue weighted by Crippen LogP contribution is 2.34. The lowest BCUT2D eigenvalue weighted by Gasteiger charge is -2.36. The fraction of sp³-hybridized carbons (Fsp3) is 0.571. The lowest BCUT2D eigenvalue weighted by atomic mass is 10.2. The maximum atomic E-state index is 12.2. The number of rotatable bonds is 5. The molecule has 1 fully saturated rings. The second-order valence-corrected chi connectivity index (χ2v) is 8.03. The molecule has 1 aromatic rings. The SMILES string of the molecule is CCCCS(=O)(=O)N1CCN(c2c(Cl)cccc2Cl)CC1. The molecule has 1 heterocycles. The van der Waals surface area contributed by atoms with Gasteiger partial charge in [-0.1, -0.05) is 42.6 Å². The maximum absolute atomic E-state index is 12.2. The van der Waals surface area contributed by atoms with E-state index in [9.17, 15) is 8.42 Å². The smallest absolute Gasteiger partial charge is 0.214 e. The first-order chi connectivity index (χ1) is 9.95. The van der Waals surface area contributed by atoms with Crippen molar-refractivity contribution in [2.24, 2.45) is 0 Å². The largest absolute Gasteiger partial charge is 0.366 e. The first-order valence-electron chi connectivity index (χ1n) is 7.12. The number of hydrogen-bond donors (Lipinski definition) is 0. The summed E-state index contributed by atoms with van der Waals surface area (Å²) < 4.78 is 25.9. The number of piperazine rings is 1. The average molecular weight is 351 g/mol. The molecule has 1 aliphatic rings. The van der Waals surface area contributed by atoms with Gasteiger partial charge in [-0.25, -0.2) is 8.42 Å². The molecule has 0 amide bonds. The van der Waals surface area contributed by atoms with Crippen molar-refractivity contribution in [1.82, 2.24) is 4.31 Å². The molecule has 0 bridgehead atoms. The number of halogens is 2. The van der Waals surface area contributed by atoms with E-state index >= 15 is 0 Å². The Hall–Kier alpha value is -0.490. The van der Waals surface area contributed by atoms with Crippen molar-refractivity contribution in [1.29, 1.82) is 0 Å². The number of anilines is 1. The highest BCUT2D eigenvalue weighted by molar-refractivity contribution is 7.89. The van der Waals surface area contributed by atoms with Gasteiger partial charge < -0.3 is 4.90 Å². The van der Waals surface area contributed by atoms with Crippen molar-refractivity contribution in [3.63, 3.8) is 0 Å². The van der Waals surface area contributed by atoms with Crippen molar-refractivity contribution < 1.29 is 8.42 Å². The Balaban J connectivity index is 2.04. The van der Waals surface area contributed by atoms with Gasteiger partial charge in [-0.3, -0.25) is 0 Å². The summed E-state index contributed by atoms with van der Waals surface area (Å²) in [6.07, 6.45) is 1.59. The summed E-state index contributed by atoms with van der Waals surface area (Å²) in [5.74, 6) is 0.232. The van der Waals surface area contributed by atoms with Crippen LogP contribution < -0.4 is 4.90 Å². The summed E-state index contributed by atoms with van der Waals surface area (Å²) in [4.78, 5) is 2.05. The Morgan fingerprint density at radius 3 is 2.19 bits per heavy atom. The van der Waals surface area contributed by atoms with Gasteiger partial charge in [0.25, 0.3) is 0 Å². The van der Waals surface area contributed by atoms with E-state index in [1.807, 2.05) is 6.92 Å². The van der Waals surface area contributed by atoms with Gasteiger partial charge in [0, 0.05) is 26.2 Å². The van der Waals surface area contributed by atoms with Gasteiger partial charge in [-0.2, -0.15) is 4.31 Å². The third-order valence-electron chi connectivity index (χ3n) is 3.64. The normalized spacial score (nSPS) is 17.2. The van der Waals surface area contributed by atoms with Gasteiger partial charge in [-0.05, 0) is 18.6 Å². The summed E-state index contributed by atoms with van der Waals surface area (Å²) in [5.41, 5.74) is 0.798. The molecule has 0 radical (unpaired) electrons. The molecule has 21 heavy (non-hydrogen) atoms. The molecule has 7 heteroatoms. The van der Waals surface area contributed by atoms with Crippen LogP contribution in [0.4, 0.5) is 5.69 Å². The van der Waals surface area contributed by atoms with Crippen LogP contribution in [-0.4, -0.2) is 44.7 Å². The Kier molecular flexibility index (Phi) is 5.77. The van der Waals surface area contributed by atoms with Crippen molar-refractivity contribution in [2.45, 2.75) is 19.8 Å². The molecule has 1 aliphatic heterocycles. The minimum Gasteiger partial charge on any atom is -0.366 e. The van der Waals surface area contributed by atoms with Crippen LogP contribution in [0.2, 0.25) is 10.0 Å². The highest BCUT2D eigenvalue weighted by atomic mass is 35.5. The molecule has 0 saturated carbocycles. The first kappa shape index (κ1) is 16.9. The number of hydrogen-bond acceptors (Lipinski definition) is 3. The lowest BCUT2D eigenvalue weighted by molar-refractivity contribution is 0.384. The molecule has 2 rings (SSSR count). The van der Waals surface area contributed by atoms with E-state index < -0.39 is 10.0 Å². The van der Waals surface area contributed by atoms with Gasteiger partial charge in [0.2, 0.25) is 10.0 Å². The standard InChI is InChI=1S/C14H20Cl2N2O2S/c1-2-3-11-21(19,20)18-9-7-17(8-10-18)14-12(15)5-4-6-13(14)16/h4-6H,2-3,7-11H2,1H3. The van der Waals surface area contributed by atoms with Gasteiger partial charge in [-0.15, -0.1) is 0 Å². The molecule has 4 nitrogen and oxygen atoms in total. The minimum atomic E-state index is -3.13. The van der Waals surface area contributed by atoms with E-state index in [0.29, 0.717) is 42.6 Å². The Bertz CT molecular complexity index is 564. The molecule has 118 valence electrons. The van der Waals surface area contributed by atoms with Crippen LogP contribution in [0.5, 0.6) is 0 Å². The zero-order valence-corrected chi connectivity index (χ0v) is 14.4. The quantitative estimate of drug-likeness (QED) is 0.818. The molecule has 0 N–H and O–H groups in total. The molecule has 0 spiro atoms. The highest BCUT2D eigenvalue weighted by Gasteiger charge is 2.27. The van der Waals surface area contributed by atoms with Gasteiger partial charge in [0.15, 0.2) is 0 Å². The molecule has 1 saturated heterocycles. The second-order valence-electron chi connectivity index (χ2n) is 5.13. The summed E-state index contributed by atoms with van der Waals surface area (Å²) >= 11 is 12.4. The van der Waals surface area contributed by atoms with E-state index in [1.54, 1.807) is 22.5 Å². The summed E-state index contributed by atoms with van der Waals surface area (Å²) in [6.45, 7) is 4.16. The van der Waals surface area contributed by atoms with Crippen molar-refractivity contribution in [3.8, 4) is 0 Å². The van der Waals surface area contributed by atoms with Crippen molar-refractivity contribution >= 4 is 38.9 Å². The van der Waals surface area contributed by atoms with E-state index in [0.717, 1.165) is 12.1 Å². The molecule has 0 aromatic heterocycles. The lowest BCUT2D eigenvalue weighted by Crippen LogP contribution is -2.49. The summed E-state index contributed by atoms with van der Waals surface area (Å²) in [6, 6.07) is 5.40. The Labute approximate surface area is 136 Å². The third kappa shape index (κ3) is 4.03. The van der Waals surface area contributed by atoms with Gasteiger partial charge in [0.05, 0.1) is 21.5 Å². The fourth-order valence-electron chi connectivity index (χ4n) is 2.44. The average Bonchev–Trinajstić information content (AvgIpc) is 2.45. The van der Waals surface area contributed by atoms with Crippen LogP contribution in [0.15, 0.2) is 18.2 Å². The van der Waals surface area contributed by atoms with Crippen LogP contribution in [0.1, 0.15) is 19.8 Å². The van der Waals surface area contributed by atoms with Crippen molar-refractivity contribution in [2.75, 3.05) is 36.8 Å². The molecule has 0 aliphatic carbocycles. The predicted octanol–water partition coefficient (Wildman–Crippen LogP) is 3.25. The van der Waals surface area contributed by atoms with Crippen LogP contribution in [0, 0.1) is 0 Å². The Morgan fingerprint density at radius 2 is 1.67 bits per heavy atom. The Morgan fingerprint density at radius 1 is 1.10 bits per heavy atom. The molecule has 0 atom stereocenters. The minimum absolute atomic E-state index is 0.232.